The number of likely N-dealkylation sites (N-methyl/N-ethyl adjacent to an activating group) is 1. The Morgan fingerprint density at radius 1 is 1.16 bits per heavy atom. The molecule has 1 aromatic rings. The summed E-state index contributed by atoms with van der Waals surface area (Å²) in [6, 6.07) is 7.00. The van der Waals surface area contributed by atoms with Gasteiger partial charge in [0, 0.05) is 25.7 Å². The molecule has 0 atom stereocenters. The zero-order valence-electron chi connectivity index (χ0n) is 14.3. The number of carbonyl (C=O) groups excluding carboxylic acids is 1. The fourth-order valence-corrected chi connectivity index (χ4v) is 3.90. The number of ether oxygens (including phenoxy) is 1. The molecule has 2 heterocycles. The SMILES string of the molecule is COc1ccccc1C1=NS(=O)(=O)N(C)C(C(=O)N2CCCCC2)=C1. The molecule has 0 saturated carbocycles. The van der Waals surface area contributed by atoms with Gasteiger partial charge in [-0.2, -0.15) is 8.42 Å². The van der Waals surface area contributed by atoms with E-state index in [1.165, 1.54) is 20.2 Å². The highest BCUT2D eigenvalue weighted by Gasteiger charge is 2.33. The molecule has 0 N–H and O–H groups in total. The molecular weight excluding hydrogens is 342 g/mol. The molecule has 1 saturated heterocycles. The van der Waals surface area contributed by atoms with Gasteiger partial charge in [0.25, 0.3) is 5.91 Å². The fraction of sp³-hybridized carbons (Fsp3) is 0.412. The van der Waals surface area contributed by atoms with Crippen LogP contribution in [0.3, 0.4) is 0 Å². The quantitative estimate of drug-likeness (QED) is 0.817. The van der Waals surface area contributed by atoms with Crippen molar-refractivity contribution in [3.05, 3.63) is 41.6 Å². The summed E-state index contributed by atoms with van der Waals surface area (Å²) in [5, 5.41) is 0. The Kier molecular flexibility index (Phi) is 4.80. The maximum atomic E-state index is 12.8. The van der Waals surface area contributed by atoms with Crippen LogP contribution in [0.15, 0.2) is 40.4 Å². The number of piperidine rings is 1. The summed E-state index contributed by atoms with van der Waals surface area (Å²) in [4.78, 5) is 14.5. The largest absolute Gasteiger partial charge is 0.496 e. The van der Waals surface area contributed by atoms with Crippen LogP contribution in [0.4, 0.5) is 0 Å². The number of nitrogens with zero attached hydrogens (tertiary/aromatic N) is 3. The number of methoxy groups -OCH3 is 1. The second-order valence-corrected chi connectivity index (χ2v) is 7.63. The second-order valence-electron chi connectivity index (χ2n) is 6.00. The summed E-state index contributed by atoms with van der Waals surface area (Å²) in [6.45, 7) is 1.29. The highest BCUT2D eigenvalue weighted by Crippen LogP contribution is 2.26. The summed E-state index contributed by atoms with van der Waals surface area (Å²) in [5.74, 6) is 0.218. The van der Waals surface area contributed by atoms with Gasteiger partial charge in [-0.1, -0.05) is 12.1 Å². The Morgan fingerprint density at radius 2 is 1.84 bits per heavy atom. The van der Waals surface area contributed by atoms with Crippen LogP contribution in [0.2, 0.25) is 0 Å². The maximum absolute atomic E-state index is 12.8. The number of para-hydroxylation sites is 1. The number of hydrogen-bond donors (Lipinski definition) is 0. The molecule has 25 heavy (non-hydrogen) atoms. The average molecular weight is 363 g/mol. The lowest BCUT2D eigenvalue weighted by Gasteiger charge is -2.31. The van der Waals surface area contributed by atoms with Gasteiger partial charge >= 0.3 is 10.2 Å². The Bertz CT molecular complexity index is 839. The zero-order valence-corrected chi connectivity index (χ0v) is 15.1. The first kappa shape index (κ1) is 17.5. The molecule has 1 aromatic carbocycles. The summed E-state index contributed by atoms with van der Waals surface area (Å²) in [7, 11) is -1.11. The van der Waals surface area contributed by atoms with Crippen LogP contribution in [-0.2, 0) is 15.0 Å². The van der Waals surface area contributed by atoms with E-state index in [1.807, 2.05) is 0 Å². The highest BCUT2D eigenvalue weighted by molar-refractivity contribution is 7.88. The van der Waals surface area contributed by atoms with Gasteiger partial charge in [-0.15, -0.1) is 4.40 Å². The zero-order chi connectivity index (χ0) is 18.0. The van der Waals surface area contributed by atoms with Crippen molar-refractivity contribution in [1.82, 2.24) is 9.21 Å². The van der Waals surface area contributed by atoms with Gasteiger partial charge in [0.1, 0.15) is 11.4 Å². The maximum Gasteiger partial charge on any atom is 0.345 e. The topological polar surface area (TPSA) is 79.3 Å². The Labute approximate surface area is 147 Å². The van der Waals surface area contributed by atoms with E-state index in [4.69, 9.17) is 4.74 Å². The fourth-order valence-electron chi connectivity index (χ4n) is 3.00. The lowest BCUT2D eigenvalue weighted by molar-refractivity contribution is -0.129. The van der Waals surface area contributed by atoms with Crippen LogP contribution in [-0.4, -0.2) is 56.5 Å². The summed E-state index contributed by atoms with van der Waals surface area (Å²) in [5.41, 5.74) is 0.847. The van der Waals surface area contributed by atoms with Gasteiger partial charge in [-0.3, -0.25) is 4.79 Å². The van der Waals surface area contributed by atoms with E-state index in [-0.39, 0.29) is 17.3 Å². The minimum atomic E-state index is -3.97. The lowest BCUT2D eigenvalue weighted by atomic mass is 10.1. The van der Waals surface area contributed by atoms with Gasteiger partial charge in [0.15, 0.2) is 0 Å². The van der Waals surface area contributed by atoms with Crippen molar-refractivity contribution in [3.63, 3.8) is 0 Å². The average Bonchev–Trinajstić information content (AvgIpc) is 2.64. The van der Waals surface area contributed by atoms with E-state index in [1.54, 1.807) is 29.2 Å². The van der Waals surface area contributed by atoms with Crippen molar-refractivity contribution in [2.24, 2.45) is 4.40 Å². The summed E-state index contributed by atoms with van der Waals surface area (Å²) in [6.07, 6.45) is 4.48. The molecule has 0 aliphatic carbocycles. The number of rotatable bonds is 3. The van der Waals surface area contributed by atoms with Crippen molar-refractivity contribution in [1.29, 1.82) is 0 Å². The first-order valence-corrected chi connectivity index (χ1v) is 9.57. The Morgan fingerprint density at radius 3 is 2.52 bits per heavy atom. The first-order valence-electron chi connectivity index (χ1n) is 8.17. The number of hydrogen-bond acceptors (Lipinski definition) is 4. The monoisotopic (exact) mass is 363 g/mol. The first-order chi connectivity index (χ1) is 11.9. The molecule has 2 aliphatic rings. The molecule has 1 amide bonds. The van der Waals surface area contributed by atoms with Gasteiger partial charge < -0.3 is 9.64 Å². The van der Waals surface area contributed by atoms with Crippen molar-refractivity contribution in [2.75, 3.05) is 27.2 Å². The van der Waals surface area contributed by atoms with Crippen LogP contribution >= 0.6 is 0 Å². The Balaban J connectivity index is 2.04. The van der Waals surface area contributed by atoms with Crippen LogP contribution in [0.1, 0.15) is 24.8 Å². The molecule has 8 heteroatoms. The van der Waals surface area contributed by atoms with Crippen LogP contribution in [0.5, 0.6) is 5.75 Å². The molecular formula is C17H21N3O4S. The number of allylic oxidation sites excluding steroid dienone is 1. The predicted octanol–water partition coefficient (Wildman–Crippen LogP) is 1.57. The van der Waals surface area contributed by atoms with Crippen molar-refractivity contribution < 1.29 is 17.9 Å². The third-order valence-corrected chi connectivity index (χ3v) is 5.73. The van der Waals surface area contributed by atoms with Crippen molar-refractivity contribution >= 4 is 21.8 Å². The summed E-state index contributed by atoms with van der Waals surface area (Å²) < 4.78 is 35.0. The Hall–Kier alpha value is -2.35. The molecule has 1 fully saturated rings. The minimum absolute atomic E-state index is 0.109. The smallest absolute Gasteiger partial charge is 0.345 e. The van der Waals surface area contributed by atoms with Gasteiger partial charge in [0.2, 0.25) is 0 Å². The highest BCUT2D eigenvalue weighted by atomic mass is 32.2. The number of amides is 1. The van der Waals surface area contributed by atoms with Crippen LogP contribution in [0, 0.1) is 0 Å². The van der Waals surface area contributed by atoms with Crippen LogP contribution in [0.25, 0.3) is 0 Å². The van der Waals surface area contributed by atoms with Gasteiger partial charge in [0.05, 0.1) is 12.8 Å². The molecule has 0 radical (unpaired) electrons. The predicted molar refractivity (Wildman–Crippen MR) is 94.7 cm³/mol. The van der Waals surface area contributed by atoms with Gasteiger partial charge in [-0.25, -0.2) is 4.31 Å². The van der Waals surface area contributed by atoms with E-state index >= 15 is 0 Å². The summed E-state index contributed by atoms with van der Waals surface area (Å²) >= 11 is 0. The standard InChI is InChI=1S/C17H21N3O4S/c1-19-15(17(21)20-10-6-3-7-11-20)12-14(18-25(19,22)23)13-8-4-5-9-16(13)24-2/h4-5,8-9,12H,3,6-7,10-11H2,1-2H3. The van der Waals surface area contributed by atoms with Crippen molar-refractivity contribution in [2.45, 2.75) is 19.3 Å². The van der Waals surface area contributed by atoms with E-state index in [0.29, 0.717) is 24.4 Å². The van der Waals surface area contributed by atoms with E-state index in [2.05, 4.69) is 4.40 Å². The molecule has 0 unspecified atom stereocenters. The number of likely N-dealkylation sites (tertiary alicyclic amines) is 1. The van der Waals surface area contributed by atoms with Gasteiger partial charge in [-0.05, 0) is 37.5 Å². The second kappa shape index (κ2) is 6.87. The molecule has 134 valence electrons. The molecule has 0 bridgehead atoms. The molecule has 3 rings (SSSR count). The lowest BCUT2D eigenvalue weighted by Crippen LogP contribution is -2.43. The van der Waals surface area contributed by atoms with E-state index < -0.39 is 10.2 Å². The third kappa shape index (κ3) is 3.39. The molecule has 2 aliphatic heterocycles. The van der Waals surface area contributed by atoms with E-state index in [9.17, 15) is 13.2 Å². The van der Waals surface area contributed by atoms with E-state index in [0.717, 1.165) is 23.6 Å². The number of carbonyl (C=O) groups is 1. The van der Waals surface area contributed by atoms with Crippen molar-refractivity contribution in [3.8, 4) is 5.75 Å². The normalized spacial score (nSPS) is 19.9. The minimum Gasteiger partial charge on any atom is -0.496 e. The third-order valence-electron chi connectivity index (χ3n) is 4.42. The number of benzene rings is 1. The molecule has 0 spiro atoms. The van der Waals surface area contributed by atoms with Crippen LogP contribution < -0.4 is 4.74 Å². The molecule has 7 nitrogen and oxygen atoms in total. The molecule has 0 aromatic heterocycles.